The molecule has 0 radical (unpaired) electrons. The van der Waals surface area contributed by atoms with Crippen LogP contribution in [0.3, 0.4) is 0 Å². The lowest BCUT2D eigenvalue weighted by molar-refractivity contribution is 0.501. The van der Waals surface area contributed by atoms with E-state index < -0.39 is 11.6 Å². The molecule has 5 rings (SSSR count). The number of nitrogen functional groups attached to an aromatic ring is 1. The summed E-state index contributed by atoms with van der Waals surface area (Å²) in [4.78, 5) is 14.1. The molecular weight excluding hydrogens is 446 g/mol. The molecule has 1 aliphatic heterocycles. The number of fused-ring (bicyclic) bond motifs is 1. The maximum absolute atomic E-state index is 14.4. The molecule has 5 N–H and O–H groups in total. The van der Waals surface area contributed by atoms with Crippen molar-refractivity contribution in [1.29, 1.82) is 0 Å². The van der Waals surface area contributed by atoms with E-state index in [0.29, 0.717) is 29.5 Å². The minimum Gasteiger partial charge on any atom is -0.383 e. The van der Waals surface area contributed by atoms with Crippen molar-refractivity contribution in [3.63, 3.8) is 0 Å². The number of aromatic nitrogens is 3. The summed E-state index contributed by atoms with van der Waals surface area (Å²) in [6.07, 6.45) is 3.35. The number of anilines is 2. The number of hydrogen-bond donors (Lipinski definition) is 3. The second-order valence-corrected chi connectivity index (χ2v) is 8.93. The van der Waals surface area contributed by atoms with Gasteiger partial charge in [-0.1, -0.05) is 17.7 Å². The first-order valence-electron chi connectivity index (χ1n) is 10.7. The minimum absolute atomic E-state index is 0.0430. The average Bonchev–Trinajstić information content (AvgIpc) is 3.17. The highest BCUT2D eigenvalue weighted by Crippen LogP contribution is 2.43. The molecule has 33 heavy (non-hydrogen) atoms. The van der Waals surface area contributed by atoms with Gasteiger partial charge in [-0.25, -0.2) is 18.7 Å². The van der Waals surface area contributed by atoms with E-state index in [1.807, 2.05) is 25.1 Å². The molecule has 170 valence electrons. The molecule has 0 aliphatic carbocycles. The van der Waals surface area contributed by atoms with Crippen molar-refractivity contribution >= 4 is 34.1 Å². The van der Waals surface area contributed by atoms with E-state index in [1.165, 1.54) is 6.07 Å². The molecule has 2 aromatic carbocycles. The normalized spacial score (nSPS) is 14.9. The van der Waals surface area contributed by atoms with Crippen molar-refractivity contribution in [2.45, 2.75) is 25.8 Å². The number of imidazole rings is 1. The largest absolute Gasteiger partial charge is 0.383 e. The van der Waals surface area contributed by atoms with Crippen LogP contribution in [0.1, 0.15) is 18.4 Å². The predicted molar refractivity (Wildman–Crippen MR) is 128 cm³/mol. The van der Waals surface area contributed by atoms with Crippen molar-refractivity contribution in [3.8, 4) is 22.5 Å². The molecule has 6 nitrogen and oxygen atoms in total. The topological polar surface area (TPSA) is 96.8 Å². The van der Waals surface area contributed by atoms with E-state index in [2.05, 4.69) is 19.9 Å². The van der Waals surface area contributed by atoms with Gasteiger partial charge in [0.25, 0.3) is 0 Å². The summed E-state index contributed by atoms with van der Waals surface area (Å²) >= 11 is 6.36. The van der Waals surface area contributed by atoms with Crippen LogP contribution in [0.4, 0.5) is 20.3 Å². The van der Waals surface area contributed by atoms with Gasteiger partial charge in [-0.2, -0.15) is 0 Å². The molecule has 0 atom stereocenters. The van der Waals surface area contributed by atoms with E-state index in [9.17, 15) is 8.78 Å². The molecule has 0 unspecified atom stereocenters. The highest BCUT2D eigenvalue weighted by Gasteiger charge is 2.27. The highest BCUT2D eigenvalue weighted by molar-refractivity contribution is 6.31. The Morgan fingerprint density at radius 1 is 1.12 bits per heavy atom. The summed E-state index contributed by atoms with van der Waals surface area (Å²) < 4.78 is 28.2. The van der Waals surface area contributed by atoms with Crippen molar-refractivity contribution in [1.82, 2.24) is 15.0 Å². The van der Waals surface area contributed by atoms with Gasteiger partial charge in [0.05, 0.1) is 16.8 Å². The summed E-state index contributed by atoms with van der Waals surface area (Å²) in [5.74, 6) is -0.867. The van der Waals surface area contributed by atoms with Crippen LogP contribution in [0.15, 0.2) is 36.5 Å². The molecule has 2 aromatic heterocycles. The molecule has 3 heterocycles. The van der Waals surface area contributed by atoms with Crippen molar-refractivity contribution in [2.24, 2.45) is 5.73 Å². The number of rotatable bonds is 3. The minimum atomic E-state index is -0.744. The zero-order chi connectivity index (χ0) is 23.3. The van der Waals surface area contributed by atoms with E-state index in [1.54, 1.807) is 6.20 Å². The van der Waals surface area contributed by atoms with Crippen LogP contribution in [-0.4, -0.2) is 34.1 Å². The number of nitrogens with zero attached hydrogens (tertiary/aromatic N) is 3. The number of benzene rings is 2. The SMILES string of the molecule is Cc1cc(Cl)cc(-c2cnc(N)c(-c3nc4c(F)cc(F)cc4[nH]3)c2N2CCC(N)CC2)c1. The van der Waals surface area contributed by atoms with Gasteiger partial charge in [-0.05, 0) is 49.1 Å². The van der Waals surface area contributed by atoms with Crippen LogP contribution >= 0.6 is 11.6 Å². The Morgan fingerprint density at radius 2 is 1.88 bits per heavy atom. The Hall–Kier alpha value is -3.23. The molecule has 4 aromatic rings. The van der Waals surface area contributed by atoms with E-state index >= 15 is 0 Å². The van der Waals surface area contributed by atoms with Crippen LogP contribution in [0.25, 0.3) is 33.5 Å². The smallest absolute Gasteiger partial charge is 0.153 e. The van der Waals surface area contributed by atoms with Crippen molar-refractivity contribution < 1.29 is 8.78 Å². The van der Waals surface area contributed by atoms with Crippen molar-refractivity contribution in [3.05, 3.63) is 58.7 Å². The number of nitrogens with one attached hydrogen (secondary N) is 1. The number of piperidine rings is 1. The molecule has 0 saturated carbocycles. The Bertz CT molecular complexity index is 1340. The van der Waals surface area contributed by atoms with Crippen LogP contribution in [0.5, 0.6) is 0 Å². The number of hydrogen-bond acceptors (Lipinski definition) is 5. The summed E-state index contributed by atoms with van der Waals surface area (Å²) in [5, 5.41) is 0.608. The highest BCUT2D eigenvalue weighted by atomic mass is 35.5. The van der Waals surface area contributed by atoms with Gasteiger partial charge in [0.15, 0.2) is 5.82 Å². The molecular formula is C24H23ClF2N6. The molecule has 0 amide bonds. The van der Waals surface area contributed by atoms with Gasteiger partial charge in [-0.15, -0.1) is 0 Å². The van der Waals surface area contributed by atoms with E-state index in [-0.39, 0.29) is 22.9 Å². The molecule has 1 aliphatic rings. The van der Waals surface area contributed by atoms with Gasteiger partial charge >= 0.3 is 0 Å². The number of nitrogens with two attached hydrogens (primary N) is 2. The average molecular weight is 469 g/mol. The lowest BCUT2D eigenvalue weighted by atomic mass is 9.97. The van der Waals surface area contributed by atoms with Gasteiger partial charge in [0.1, 0.15) is 23.0 Å². The Morgan fingerprint density at radius 3 is 2.61 bits per heavy atom. The first-order chi connectivity index (χ1) is 15.8. The first-order valence-corrected chi connectivity index (χ1v) is 11.1. The number of pyridine rings is 1. The fourth-order valence-corrected chi connectivity index (χ4v) is 4.75. The predicted octanol–water partition coefficient (Wildman–Crippen LogP) is 5.04. The van der Waals surface area contributed by atoms with Crippen LogP contribution in [0, 0.1) is 18.6 Å². The van der Waals surface area contributed by atoms with Gasteiger partial charge in [0.2, 0.25) is 0 Å². The maximum atomic E-state index is 14.4. The molecule has 1 saturated heterocycles. The van der Waals surface area contributed by atoms with Crippen LogP contribution in [0.2, 0.25) is 5.02 Å². The fourth-order valence-electron chi connectivity index (χ4n) is 4.46. The first kappa shape index (κ1) is 21.6. The zero-order valence-electron chi connectivity index (χ0n) is 18.0. The number of H-pyrrole nitrogens is 1. The van der Waals surface area contributed by atoms with Gasteiger partial charge in [0, 0.05) is 42.0 Å². The quantitative estimate of drug-likeness (QED) is 0.391. The Labute approximate surface area is 194 Å². The molecule has 0 bridgehead atoms. The fraction of sp³-hybridized carbons (Fsp3) is 0.250. The summed E-state index contributed by atoms with van der Waals surface area (Å²) in [6.45, 7) is 3.40. The lowest BCUT2D eigenvalue weighted by Gasteiger charge is -2.34. The van der Waals surface area contributed by atoms with E-state index in [4.69, 9.17) is 23.1 Å². The summed E-state index contributed by atoms with van der Waals surface area (Å²) in [5.41, 5.74) is 16.9. The molecule has 1 fully saturated rings. The van der Waals surface area contributed by atoms with Gasteiger partial charge in [-0.3, -0.25) is 0 Å². The number of aromatic amines is 1. The second-order valence-electron chi connectivity index (χ2n) is 8.49. The Balaban J connectivity index is 1.77. The van der Waals surface area contributed by atoms with E-state index in [0.717, 1.165) is 41.3 Å². The summed E-state index contributed by atoms with van der Waals surface area (Å²) in [7, 11) is 0. The second kappa shape index (κ2) is 8.28. The summed E-state index contributed by atoms with van der Waals surface area (Å²) in [6, 6.07) is 7.93. The monoisotopic (exact) mass is 468 g/mol. The zero-order valence-corrected chi connectivity index (χ0v) is 18.8. The molecule has 0 spiro atoms. The van der Waals surface area contributed by atoms with Crippen molar-refractivity contribution in [2.75, 3.05) is 23.7 Å². The number of halogens is 3. The molecule has 9 heteroatoms. The van der Waals surface area contributed by atoms with Gasteiger partial charge < -0.3 is 21.4 Å². The maximum Gasteiger partial charge on any atom is 0.153 e. The third kappa shape index (κ3) is 4.00. The Kier molecular flexibility index (Phi) is 5.42. The number of aryl methyl sites for hydroxylation is 1. The standard InChI is InChI=1S/C24H23ClF2N6/c1-12-6-13(8-14(25)7-12)17-11-30-23(29)20(22(17)33-4-2-16(28)3-5-33)24-31-19-10-15(26)9-18(27)21(19)32-24/h6-11,16H,2-5,28H2,1H3,(H2,29,30)(H,31,32). The van der Waals surface area contributed by atoms with Crippen LogP contribution in [-0.2, 0) is 0 Å². The third-order valence-electron chi connectivity index (χ3n) is 6.03. The third-order valence-corrected chi connectivity index (χ3v) is 6.25. The van der Waals surface area contributed by atoms with Crippen LogP contribution < -0.4 is 16.4 Å². The lowest BCUT2D eigenvalue weighted by Crippen LogP contribution is -2.40.